The van der Waals surface area contributed by atoms with Crippen molar-refractivity contribution in [1.82, 2.24) is 9.55 Å². The van der Waals surface area contributed by atoms with E-state index in [1.807, 2.05) is 48.8 Å². The maximum Gasteiger partial charge on any atom is 0.121 e. The third-order valence-corrected chi connectivity index (χ3v) is 3.35. The Labute approximate surface area is 116 Å². The van der Waals surface area contributed by atoms with Crippen LogP contribution in [-0.4, -0.2) is 16.7 Å². The van der Waals surface area contributed by atoms with Gasteiger partial charge in [0, 0.05) is 17.6 Å². The molecule has 3 aromatic rings. The molecule has 0 spiro atoms. The van der Waals surface area contributed by atoms with Crippen molar-refractivity contribution in [2.45, 2.75) is 6.54 Å². The molecule has 0 saturated carbocycles. The molecule has 0 bridgehead atoms. The first-order valence-electron chi connectivity index (χ1n) is 5.99. The van der Waals surface area contributed by atoms with E-state index in [1.165, 1.54) is 5.56 Å². The summed E-state index contributed by atoms with van der Waals surface area (Å²) in [6, 6.07) is 13.8. The van der Waals surface area contributed by atoms with Gasteiger partial charge >= 0.3 is 0 Å². The molecule has 4 heteroatoms. The van der Waals surface area contributed by atoms with Crippen LogP contribution >= 0.6 is 11.6 Å². The summed E-state index contributed by atoms with van der Waals surface area (Å²) in [5, 5.41) is 0.754. The second-order valence-electron chi connectivity index (χ2n) is 4.35. The Kier molecular flexibility index (Phi) is 3.13. The number of hydrogen-bond donors (Lipinski definition) is 0. The number of aromatic nitrogens is 2. The molecule has 0 amide bonds. The number of fused-ring (bicyclic) bond motifs is 1. The van der Waals surface area contributed by atoms with Crippen LogP contribution in [0.5, 0.6) is 5.75 Å². The van der Waals surface area contributed by atoms with Gasteiger partial charge in [-0.05, 0) is 29.8 Å². The molecule has 96 valence electrons. The lowest BCUT2D eigenvalue weighted by Gasteiger charge is -2.05. The van der Waals surface area contributed by atoms with Crippen LogP contribution in [0.4, 0.5) is 0 Å². The van der Waals surface area contributed by atoms with Gasteiger partial charge in [0.2, 0.25) is 0 Å². The van der Waals surface area contributed by atoms with Gasteiger partial charge in [0.05, 0.1) is 24.5 Å². The Morgan fingerprint density at radius 1 is 1.16 bits per heavy atom. The van der Waals surface area contributed by atoms with Crippen molar-refractivity contribution in [3.05, 3.63) is 59.4 Å². The van der Waals surface area contributed by atoms with Gasteiger partial charge in [-0.25, -0.2) is 4.98 Å². The van der Waals surface area contributed by atoms with Crippen molar-refractivity contribution in [3.63, 3.8) is 0 Å². The van der Waals surface area contributed by atoms with E-state index in [-0.39, 0.29) is 0 Å². The summed E-state index contributed by atoms with van der Waals surface area (Å²) < 4.78 is 7.31. The highest BCUT2D eigenvalue weighted by Gasteiger charge is 2.04. The van der Waals surface area contributed by atoms with Crippen molar-refractivity contribution in [1.29, 1.82) is 0 Å². The fourth-order valence-corrected chi connectivity index (χ4v) is 2.21. The van der Waals surface area contributed by atoms with Crippen LogP contribution in [0.3, 0.4) is 0 Å². The van der Waals surface area contributed by atoms with Crippen molar-refractivity contribution < 1.29 is 4.74 Å². The van der Waals surface area contributed by atoms with Crippen molar-refractivity contribution in [2.24, 2.45) is 0 Å². The molecule has 0 unspecified atom stereocenters. The normalized spacial score (nSPS) is 10.8. The number of imidazole rings is 1. The Hall–Kier alpha value is -2.00. The van der Waals surface area contributed by atoms with Crippen LogP contribution in [0.1, 0.15) is 5.56 Å². The van der Waals surface area contributed by atoms with Gasteiger partial charge in [-0.1, -0.05) is 23.7 Å². The fraction of sp³-hybridized carbons (Fsp3) is 0.133. The van der Waals surface area contributed by atoms with Crippen LogP contribution in [-0.2, 0) is 6.54 Å². The van der Waals surface area contributed by atoms with Gasteiger partial charge in [0.15, 0.2) is 0 Å². The van der Waals surface area contributed by atoms with Gasteiger partial charge in [-0.2, -0.15) is 0 Å². The molecule has 0 aliphatic heterocycles. The topological polar surface area (TPSA) is 27.1 Å². The SMILES string of the molecule is COc1ccc2c(c1)ncn2Cc1ccc(Cl)cc1. The van der Waals surface area contributed by atoms with Crippen molar-refractivity contribution in [2.75, 3.05) is 7.11 Å². The minimum Gasteiger partial charge on any atom is -0.497 e. The van der Waals surface area contributed by atoms with Crippen LogP contribution < -0.4 is 4.74 Å². The number of halogens is 1. The van der Waals surface area contributed by atoms with Gasteiger partial charge in [-0.15, -0.1) is 0 Å². The molecule has 3 nitrogen and oxygen atoms in total. The second-order valence-corrected chi connectivity index (χ2v) is 4.79. The summed E-state index contributed by atoms with van der Waals surface area (Å²) in [5.74, 6) is 0.823. The third-order valence-electron chi connectivity index (χ3n) is 3.09. The first kappa shape index (κ1) is 12.1. The lowest BCUT2D eigenvalue weighted by atomic mass is 10.2. The van der Waals surface area contributed by atoms with E-state index in [1.54, 1.807) is 7.11 Å². The lowest BCUT2D eigenvalue weighted by Crippen LogP contribution is -1.97. The minimum absolute atomic E-state index is 0.754. The van der Waals surface area contributed by atoms with E-state index in [9.17, 15) is 0 Å². The van der Waals surface area contributed by atoms with E-state index in [0.29, 0.717) is 0 Å². The Morgan fingerprint density at radius 3 is 2.68 bits per heavy atom. The second kappa shape index (κ2) is 4.94. The summed E-state index contributed by atoms with van der Waals surface area (Å²) >= 11 is 5.89. The van der Waals surface area contributed by atoms with Crippen LogP contribution in [0.25, 0.3) is 11.0 Å². The van der Waals surface area contributed by atoms with Crippen molar-refractivity contribution in [3.8, 4) is 5.75 Å². The minimum atomic E-state index is 0.754. The van der Waals surface area contributed by atoms with E-state index >= 15 is 0 Å². The molecule has 19 heavy (non-hydrogen) atoms. The number of hydrogen-bond acceptors (Lipinski definition) is 2. The highest BCUT2D eigenvalue weighted by atomic mass is 35.5. The van der Waals surface area contributed by atoms with Crippen LogP contribution in [0.15, 0.2) is 48.8 Å². The Morgan fingerprint density at radius 2 is 1.95 bits per heavy atom. The van der Waals surface area contributed by atoms with Gasteiger partial charge in [0.1, 0.15) is 5.75 Å². The maximum absolute atomic E-state index is 5.89. The molecule has 3 rings (SSSR count). The van der Waals surface area contributed by atoms with E-state index in [2.05, 4.69) is 9.55 Å². The Bertz CT molecular complexity index is 704. The number of methoxy groups -OCH3 is 1. The number of nitrogens with zero attached hydrogens (tertiary/aromatic N) is 2. The highest BCUT2D eigenvalue weighted by molar-refractivity contribution is 6.30. The maximum atomic E-state index is 5.89. The molecule has 0 radical (unpaired) electrons. The summed E-state index contributed by atoms with van der Waals surface area (Å²) in [7, 11) is 1.66. The zero-order valence-corrected chi connectivity index (χ0v) is 11.3. The van der Waals surface area contributed by atoms with E-state index in [0.717, 1.165) is 28.4 Å². The van der Waals surface area contributed by atoms with E-state index < -0.39 is 0 Å². The molecule has 2 aromatic carbocycles. The first-order chi connectivity index (χ1) is 9.26. The quantitative estimate of drug-likeness (QED) is 0.726. The molecular weight excluding hydrogens is 260 g/mol. The average Bonchev–Trinajstić information content (AvgIpc) is 2.83. The smallest absolute Gasteiger partial charge is 0.121 e. The zero-order chi connectivity index (χ0) is 13.2. The fourth-order valence-electron chi connectivity index (χ4n) is 2.08. The average molecular weight is 273 g/mol. The number of ether oxygens (including phenoxy) is 1. The molecule has 0 saturated heterocycles. The lowest BCUT2D eigenvalue weighted by molar-refractivity contribution is 0.415. The molecule has 1 heterocycles. The molecule has 0 fully saturated rings. The highest BCUT2D eigenvalue weighted by Crippen LogP contribution is 2.20. The van der Waals surface area contributed by atoms with Gasteiger partial charge in [0.25, 0.3) is 0 Å². The van der Waals surface area contributed by atoms with E-state index in [4.69, 9.17) is 16.3 Å². The van der Waals surface area contributed by atoms with Crippen LogP contribution in [0, 0.1) is 0 Å². The third kappa shape index (κ3) is 2.42. The summed E-state index contributed by atoms with van der Waals surface area (Å²) in [5.41, 5.74) is 3.23. The summed E-state index contributed by atoms with van der Waals surface area (Å²) in [6.07, 6.45) is 1.85. The zero-order valence-electron chi connectivity index (χ0n) is 10.5. The van der Waals surface area contributed by atoms with Crippen molar-refractivity contribution >= 4 is 22.6 Å². The van der Waals surface area contributed by atoms with Crippen LogP contribution in [0.2, 0.25) is 5.02 Å². The molecule has 0 aliphatic carbocycles. The standard InChI is InChI=1S/C15H13ClN2O/c1-19-13-6-7-15-14(8-13)17-10-18(15)9-11-2-4-12(16)5-3-11/h2-8,10H,9H2,1H3. The molecule has 0 aliphatic rings. The molecular formula is C15H13ClN2O. The monoisotopic (exact) mass is 272 g/mol. The Balaban J connectivity index is 1.95. The number of rotatable bonds is 3. The predicted molar refractivity (Wildman–Crippen MR) is 76.8 cm³/mol. The molecule has 1 aromatic heterocycles. The summed E-state index contributed by atoms with van der Waals surface area (Å²) in [6.45, 7) is 0.778. The van der Waals surface area contributed by atoms with Gasteiger partial charge in [-0.3, -0.25) is 0 Å². The van der Waals surface area contributed by atoms with Gasteiger partial charge < -0.3 is 9.30 Å². The number of benzene rings is 2. The predicted octanol–water partition coefficient (Wildman–Crippen LogP) is 3.75. The molecule has 0 N–H and O–H groups in total. The summed E-state index contributed by atoms with van der Waals surface area (Å²) in [4.78, 5) is 4.40. The molecule has 0 atom stereocenters. The largest absolute Gasteiger partial charge is 0.497 e. The first-order valence-corrected chi connectivity index (χ1v) is 6.37.